The van der Waals surface area contributed by atoms with Crippen molar-refractivity contribution in [3.63, 3.8) is 0 Å². The molecule has 3 aromatic rings. The average Bonchev–Trinajstić information content (AvgIpc) is 2.64. The van der Waals surface area contributed by atoms with E-state index >= 15 is 0 Å². The Bertz CT molecular complexity index is 968. The second-order valence-electron chi connectivity index (χ2n) is 5.63. The van der Waals surface area contributed by atoms with Crippen LogP contribution in [0.2, 0.25) is 0 Å². The van der Waals surface area contributed by atoms with Gasteiger partial charge in [-0.1, -0.05) is 29.5 Å². The zero-order chi connectivity index (χ0) is 18.5. The van der Waals surface area contributed by atoms with Gasteiger partial charge in [-0.2, -0.15) is 4.98 Å². The summed E-state index contributed by atoms with van der Waals surface area (Å²) in [4.78, 5) is 18.8. The molecule has 2 N–H and O–H groups in total. The summed E-state index contributed by atoms with van der Waals surface area (Å²) in [6.07, 6.45) is 0. The second-order valence-corrected chi connectivity index (χ2v) is 7.05. The third kappa shape index (κ3) is 4.17. The van der Waals surface area contributed by atoms with Crippen molar-refractivity contribution in [1.82, 2.24) is 4.98 Å². The van der Waals surface area contributed by atoms with E-state index in [4.69, 9.17) is 12.2 Å². The fourth-order valence-electron chi connectivity index (χ4n) is 2.58. The van der Waals surface area contributed by atoms with Gasteiger partial charge in [-0.25, -0.2) is 0 Å². The number of hydrogen-bond acceptors (Lipinski definition) is 5. The van der Waals surface area contributed by atoms with Crippen molar-refractivity contribution in [2.45, 2.75) is 13.8 Å². The van der Waals surface area contributed by atoms with Crippen LogP contribution in [0.1, 0.15) is 13.8 Å². The highest BCUT2D eigenvalue weighted by Crippen LogP contribution is 2.26. The lowest BCUT2D eigenvalue weighted by atomic mass is 10.2. The summed E-state index contributed by atoms with van der Waals surface area (Å²) in [7, 11) is 0. The van der Waals surface area contributed by atoms with Crippen LogP contribution in [-0.2, 0) is 0 Å². The molecule has 2 aromatic carbocycles. The van der Waals surface area contributed by atoms with Gasteiger partial charge >= 0.3 is 0 Å². The van der Waals surface area contributed by atoms with E-state index in [9.17, 15) is 4.79 Å². The highest BCUT2D eigenvalue weighted by atomic mass is 32.1. The number of nitrogens with one attached hydrogen (secondary N) is 2. The van der Waals surface area contributed by atoms with Gasteiger partial charge < -0.3 is 15.5 Å². The van der Waals surface area contributed by atoms with Crippen LogP contribution in [-0.4, -0.2) is 23.2 Å². The van der Waals surface area contributed by atoms with Gasteiger partial charge in [0.2, 0.25) is 0 Å². The van der Waals surface area contributed by atoms with Crippen molar-refractivity contribution in [2.75, 3.05) is 28.6 Å². The van der Waals surface area contributed by atoms with Crippen molar-refractivity contribution >= 4 is 55.3 Å². The highest BCUT2D eigenvalue weighted by Gasteiger charge is 2.10. The topological polar surface area (TPSA) is 57.3 Å². The van der Waals surface area contributed by atoms with Gasteiger partial charge in [0.05, 0.1) is 5.39 Å². The van der Waals surface area contributed by atoms with Gasteiger partial charge in [0.1, 0.15) is 0 Å². The molecular formula is C19H20N4OS2. The molecule has 26 heavy (non-hydrogen) atoms. The molecule has 0 unspecified atom stereocenters. The molecule has 7 heteroatoms. The molecule has 1 aromatic heterocycles. The summed E-state index contributed by atoms with van der Waals surface area (Å²) in [5.74, 6) is 0. The Morgan fingerprint density at radius 1 is 1.08 bits per heavy atom. The summed E-state index contributed by atoms with van der Waals surface area (Å²) < 4.78 is 0.916. The van der Waals surface area contributed by atoms with E-state index in [1.165, 1.54) is 11.3 Å². The molecule has 0 aliphatic heterocycles. The first-order chi connectivity index (χ1) is 12.6. The van der Waals surface area contributed by atoms with Crippen LogP contribution in [0.5, 0.6) is 0 Å². The van der Waals surface area contributed by atoms with Crippen molar-refractivity contribution in [3.8, 4) is 0 Å². The molecule has 0 radical (unpaired) electrons. The Morgan fingerprint density at radius 2 is 1.77 bits per heavy atom. The predicted octanol–water partition coefficient (Wildman–Crippen LogP) is 4.31. The molecule has 0 saturated carbocycles. The third-order valence-electron chi connectivity index (χ3n) is 3.93. The van der Waals surface area contributed by atoms with Gasteiger partial charge in [-0.15, -0.1) is 0 Å². The first-order valence-electron chi connectivity index (χ1n) is 8.43. The minimum atomic E-state index is -0.216. The van der Waals surface area contributed by atoms with E-state index in [1.54, 1.807) is 6.07 Å². The summed E-state index contributed by atoms with van der Waals surface area (Å²) in [6.45, 7) is 5.76. The van der Waals surface area contributed by atoms with Crippen LogP contribution in [0.4, 0.5) is 16.5 Å². The molecule has 0 fully saturated rings. The number of anilines is 3. The van der Waals surface area contributed by atoms with Crippen LogP contribution in [0.3, 0.4) is 0 Å². The monoisotopic (exact) mass is 384 g/mol. The first-order valence-corrected chi connectivity index (χ1v) is 9.66. The number of benzene rings is 2. The maximum absolute atomic E-state index is 12.5. The Hall–Kier alpha value is -2.51. The molecular weight excluding hydrogens is 364 g/mol. The molecule has 0 spiro atoms. The molecule has 3 rings (SSSR count). The minimum Gasteiger partial charge on any atom is -0.349 e. The van der Waals surface area contributed by atoms with Crippen molar-refractivity contribution in [1.29, 1.82) is 0 Å². The highest BCUT2D eigenvalue weighted by molar-refractivity contribution is 7.80. The Kier molecular flexibility index (Phi) is 5.80. The fourth-order valence-corrected chi connectivity index (χ4v) is 3.92. The summed E-state index contributed by atoms with van der Waals surface area (Å²) >= 11 is 6.87. The van der Waals surface area contributed by atoms with E-state index in [2.05, 4.69) is 34.4 Å². The van der Waals surface area contributed by atoms with E-state index in [1.807, 2.05) is 42.5 Å². The SMILES string of the molecule is CCN(CC)c1nc(=O)c2cc(NC(=S)Nc3ccccc3)ccc2s1. The van der Waals surface area contributed by atoms with Crippen LogP contribution in [0.15, 0.2) is 53.3 Å². The smallest absolute Gasteiger partial charge is 0.281 e. The number of thiocarbonyl (C=S) groups is 1. The molecule has 0 saturated heterocycles. The Balaban J connectivity index is 1.83. The maximum atomic E-state index is 12.5. The average molecular weight is 385 g/mol. The van der Waals surface area contributed by atoms with Crippen LogP contribution in [0, 0.1) is 0 Å². The largest absolute Gasteiger partial charge is 0.349 e. The molecule has 0 amide bonds. The van der Waals surface area contributed by atoms with Crippen LogP contribution < -0.4 is 21.1 Å². The lowest BCUT2D eigenvalue weighted by Crippen LogP contribution is -2.24. The number of para-hydroxylation sites is 1. The van der Waals surface area contributed by atoms with E-state index in [0.717, 1.165) is 34.3 Å². The Labute approximate surface area is 161 Å². The molecule has 134 valence electrons. The normalized spacial score (nSPS) is 10.5. The fraction of sp³-hybridized carbons (Fsp3) is 0.211. The number of fused-ring (bicyclic) bond motifs is 1. The van der Waals surface area contributed by atoms with Crippen molar-refractivity contribution in [3.05, 3.63) is 58.9 Å². The van der Waals surface area contributed by atoms with E-state index in [-0.39, 0.29) is 5.56 Å². The van der Waals surface area contributed by atoms with Gasteiger partial charge in [-0.3, -0.25) is 4.79 Å². The number of nitrogens with zero attached hydrogens (tertiary/aromatic N) is 2. The minimum absolute atomic E-state index is 0.216. The number of aromatic nitrogens is 1. The number of rotatable bonds is 5. The van der Waals surface area contributed by atoms with Crippen molar-refractivity contribution < 1.29 is 0 Å². The van der Waals surface area contributed by atoms with Gasteiger partial charge in [0.25, 0.3) is 5.56 Å². The van der Waals surface area contributed by atoms with Crippen LogP contribution in [0.25, 0.3) is 10.1 Å². The lowest BCUT2D eigenvalue weighted by Gasteiger charge is -2.18. The van der Waals surface area contributed by atoms with Gasteiger partial charge in [0.15, 0.2) is 10.2 Å². The second kappa shape index (κ2) is 8.25. The van der Waals surface area contributed by atoms with Crippen molar-refractivity contribution in [2.24, 2.45) is 0 Å². The quantitative estimate of drug-likeness (QED) is 0.639. The summed E-state index contributed by atoms with van der Waals surface area (Å²) in [6, 6.07) is 15.3. The lowest BCUT2D eigenvalue weighted by molar-refractivity contribution is 0.856. The van der Waals surface area contributed by atoms with Crippen LogP contribution >= 0.6 is 23.6 Å². The van der Waals surface area contributed by atoms with E-state index in [0.29, 0.717) is 10.5 Å². The summed E-state index contributed by atoms with van der Waals surface area (Å²) in [5, 5.41) is 8.06. The molecule has 5 nitrogen and oxygen atoms in total. The maximum Gasteiger partial charge on any atom is 0.281 e. The zero-order valence-electron chi connectivity index (χ0n) is 14.7. The number of hydrogen-bond donors (Lipinski definition) is 2. The summed E-state index contributed by atoms with van der Waals surface area (Å²) in [5.41, 5.74) is 1.45. The standard InChI is InChI=1S/C19H20N4OS2/c1-3-23(4-2)19-22-17(24)15-12-14(10-11-16(15)26-19)21-18(25)20-13-8-6-5-7-9-13/h5-12H,3-4H2,1-2H3,(H2,20,21,25). The molecule has 1 heterocycles. The molecule has 0 bridgehead atoms. The van der Waals surface area contributed by atoms with E-state index < -0.39 is 0 Å². The molecule has 0 aliphatic carbocycles. The third-order valence-corrected chi connectivity index (χ3v) is 5.24. The predicted molar refractivity (Wildman–Crippen MR) is 116 cm³/mol. The molecule has 0 aliphatic rings. The first kappa shape index (κ1) is 18.3. The van der Waals surface area contributed by atoms with Gasteiger partial charge in [0, 0.05) is 29.2 Å². The van der Waals surface area contributed by atoms with Gasteiger partial charge in [-0.05, 0) is 56.4 Å². The molecule has 0 atom stereocenters. The zero-order valence-corrected chi connectivity index (χ0v) is 16.3. The Morgan fingerprint density at radius 3 is 2.46 bits per heavy atom.